The molecule has 0 unspecified atom stereocenters. The minimum atomic E-state index is -4.83. The summed E-state index contributed by atoms with van der Waals surface area (Å²) in [6.45, 7) is 1.40. The summed E-state index contributed by atoms with van der Waals surface area (Å²) in [5, 5.41) is 16.5. The molecule has 2 aromatic carbocycles. The van der Waals surface area contributed by atoms with Crippen LogP contribution in [0.25, 0.3) is 5.69 Å². The average Bonchev–Trinajstić information content (AvgIpc) is 3.15. The van der Waals surface area contributed by atoms with Crippen molar-refractivity contribution in [3.8, 4) is 17.2 Å². The molecule has 164 valence electrons. The topological polar surface area (TPSA) is 86.5 Å². The fourth-order valence-corrected chi connectivity index (χ4v) is 3.59. The molecule has 0 amide bonds. The van der Waals surface area contributed by atoms with Crippen LogP contribution >= 0.6 is 23.4 Å². The van der Waals surface area contributed by atoms with Crippen LogP contribution in [0.2, 0.25) is 5.02 Å². The van der Waals surface area contributed by atoms with E-state index in [4.69, 9.17) is 21.4 Å². The Balaban J connectivity index is 1.63. The highest BCUT2D eigenvalue weighted by molar-refractivity contribution is 7.98. The number of benzene rings is 2. The molecule has 3 rings (SSSR count). The van der Waals surface area contributed by atoms with Crippen LogP contribution in [0.4, 0.5) is 13.2 Å². The number of rotatable bonds is 8. The maximum Gasteiger partial charge on any atom is 0.573 e. The summed E-state index contributed by atoms with van der Waals surface area (Å²) < 4.78 is 47.5. The van der Waals surface area contributed by atoms with Crippen LogP contribution in [0, 0.1) is 6.92 Å². The van der Waals surface area contributed by atoms with Gasteiger partial charge in [0, 0.05) is 10.6 Å². The number of halogens is 4. The van der Waals surface area contributed by atoms with Gasteiger partial charge in [-0.15, -0.1) is 30.0 Å². The van der Waals surface area contributed by atoms with Gasteiger partial charge in [-0.3, -0.25) is 0 Å². The van der Waals surface area contributed by atoms with Crippen molar-refractivity contribution >= 4 is 29.3 Å². The van der Waals surface area contributed by atoms with Gasteiger partial charge >= 0.3 is 12.3 Å². The maximum absolute atomic E-state index is 12.3. The first-order valence-electron chi connectivity index (χ1n) is 8.65. The van der Waals surface area contributed by atoms with Crippen molar-refractivity contribution < 1.29 is 32.5 Å². The number of thioether (sulfide) groups is 1. The van der Waals surface area contributed by atoms with Crippen molar-refractivity contribution in [1.82, 2.24) is 15.0 Å². The number of aryl methyl sites for hydroxylation is 1. The second kappa shape index (κ2) is 9.48. The zero-order chi connectivity index (χ0) is 22.6. The van der Waals surface area contributed by atoms with E-state index in [1.165, 1.54) is 28.6 Å². The summed E-state index contributed by atoms with van der Waals surface area (Å²) in [6.07, 6.45) is -3.19. The molecule has 31 heavy (non-hydrogen) atoms. The highest BCUT2D eigenvalue weighted by Crippen LogP contribution is 2.32. The van der Waals surface area contributed by atoms with Crippen molar-refractivity contribution in [2.75, 3.05) is 6.61 Å². The highest BCUT2D eigenvalue weighted by atomic mass is 35.5. The van der Waals surface area contributed by atoms with E-state index in [0.29, 0.717) is 22.9 Å². The Kier molecular flexibility index (Phi) is 6.96. The number of nitrogens with zero attached hydrogens (tertiary/aromatic N) is 3. The minimum absolute atomic E-state index is 0.207. The third-order valence-electron chi connectivity index (χ3n) is 3.83. The summed E-state index contributed by atoms with van der Waals surface area (Å²) in [7, 11) is 0. The number of carbonyl (C=O) groups is 1. The smallest absolute Gasteiger partial charge is 0.482 e. The summed E-state index contributed by atoms with van der Waals surface area (Å²) >= 11 is 7.35. The van der Waals surface area contributed by atoms with Gasteiger partial charge in [-0.2, -0.15) is 0 Å². The number of hydrogen-bond acceptors (Lipinski definition) is 6. The summed E-state index contributed by atoms with van der Waals surface area (Å²) in [5.41, 5.74) is 1.87. The molecule has 3 aromatic rings. The Morgan fingerprint density at radius 2 is 1.97 bits per heavy atom. The van der Waals surface area contributed by atoms with Crippen LogP contribution in [-0.2, 0) is 10.5 Å². The normalized spacial score (nSPS) is 11.4. The Morgan fingerprint density at radius 1 is 1.23 bits per heavy atom. The number of aliphatic carboxylic acids is 1. The largest absolute Gasteiger partial charge is 0.573 e. The molecule has 0 saturated carbocycles. The van der Waals surface area contributed by atoms with Crippen molar-refractivity contribution in [2.24, 2.45) is 0 Å². The number of carboxylic acid groups (broad SMARTS) is 1. The Hall–Kier alpha value is -2.92. The first-order chi connectivity index (χ1) is 14.6. The molecule has 1 N–H and O–H groups in total. The van der Waals surface area contributed by atoms with Crippen LogP contribution in [0.3, 0.4) is 0 Å². The molecule has 0 aliphatic carbocycles. The Bertz CT molecular complexity index is 1090. The second-order valence-electron chi connectivity index (χ2n) is 6.22. The number of alkyl halides is 3. The SMILES string of the molecule is Cc1cc(SCc2cn(-c3ccc(OC(F)(F)F)c(Cl)c3)nn2)ccc1OCC(=O)O. The van der Waals surface area contributed by atoms with Gasteiger partial charge in [0.25, 0.3) is 0 Å². The lowest BCUT2D eigenvalue weighted by molar-refractivity contribution is -0.274. The van der Waals surface area contributed by atoms with Crippen molar-refractivity contribution in [3.05, 3.63) is 58.9 Å². The lowest BCUT2D eigenvalue weighted by atomic mass is 10.2. The summed E-state index contributed by atoms with van der Waals surface area (Å²) in [4.78, 5) is 11.5. The molecule has 7 nitrogen and oxygen atoms in total. The summed E-state index contributed by atoms with van der Waals surface area (Å²) in [6, 6.07) is 9.16. The zero-order valence-corrected chi connectivity index (χ0v) is 17.5. The van der Waals surface area contributed by atoms with E-state index in [9.17, 15) is 18.0 Å². The molecular formula is C19H15ClF3N3O4S. The highest BCUT2D eigenvalue weighted by Gasteiger charge is 2.32. The molecule has 0 saturated heterocycles. The fraction of sp³-hybridized carbons (Fsp3) is 0.211. The van der Waals surface area contributed by atoms with Gasteiger partial charge in [0.15, 0.2) is 6.61 Å². The van der Waals surface area contributed by atoms with E-state index < -0.39 is 24.7 Å². The quantitative estimate of drug-likeness (QED) is 0.466. The van der Waals surface area contributed by atoms with Gasteiger partial charge in [-0.1, -0.05) is 16.8 Å². The predicted octanol–water partition coefficient (Wildman–Crippen LogP) is 4.88. The molecule has 1 aromatic heterocycles. The molecular weight excluding hydrogens is 459 g/mol. The first-order valence-corrected chi connectivity index (χ1v) is 10.0. The predicted molar refractivity (Wildman–Crippen MR) is 107 cm³/mol. The number of hydrogen-bond donors (Lipinski definition) is 1. The van der Waals surface area contributed by atoms with Crippen molar-refractivity contribution in [1.29, 1.82) is 0 Å². The van der Waals surface area contributed by atoms with E-state index in [1.54, 1.807) is 18.3 Å². The zero-order valence-electron chi connectivity index (χ0n) is 15.9. The van der Waals surface area contributed by atoms with Crippen molar-refractivity contribution in [3.63, 3.8) is 0 Å². The summed E-state index contributed by atoms with van der Waals surface area (Å²) in [5.74, 6) is -0.574. The van der Waals surface area contributed by atoms with Gasteiger partial charge in [-0.25, -0.2) is 9.48 Å². The van der Waals surface area contributed by atoms with Crippen LogP contribution < -0.4 is 9.47 Å². The number of aromatic nitrogens is 3. The van der Waals surface area contributed by atoms with E-state index in [1.807, 2.05) is 13.0 Å². The van der Waals surface area contributed by atoms with Crippen molar-refractivity contribution in [2.45, 2.75) is 23.9 Å². The van der Waals surface area contributed by atoms with E-state index in [-0.39, 0.29) is 5.02 Å². The van der Waals surface area contributed by atoms with Gasteiger partial charge in [0.2, 0.25) is 0 Å². The Morgan fingerprint density at radius 3 is 2.61 bits per heavy atom. The van der Waals surface area contributed by atoms with E-state index in [2.05, 4.69) is 15.0 Å². The van der Waals surface area contributed by atoms with Gasteiger partial charge in [0.1, 0.15) is 11.5 Å². The maximum atomic E-state index is 12.3. The number of carboxylic acids is 1. The molecule has 0 radical (unpaired) electrons. The van der Waals surface area contributed by atoms with Crippen LogP contribution in [0.5, 0.6) is 11.5 Å². The van der Waals surface area contributed by atoms with Crippen LogP contribution in [-0.4, -0.2) is 39.0 Å². The lowest BCUT2D eigenvalue weighted by Crippen LogP contribution is -2.17. The molecule has 0 fully saturated rings. The third kappa shape index (κ3) is 6.53. The molecule has 0 atom stereocenters. The Labute approximate surface area is 183 Å². The van der Waals surface area contributed by atoms with Crippen LogP contribution in [0.15, 0.2) is 47.5 Å². The molecule has 0 aliphatic heterocycles. The first kappa shape index (κ1) is 22.8. The van der Waals surface area contributed by atoms with E-state index in [0.717, 1.165) is 16.5 Å². The standard InChI is InChI=1S/C19H15ClF3N3O4S/c1-11-6-14(3-5-16(11)29-9-18(27)28)31-10-12-8-26(25-24-12)13-2-4-17(15(20)7-13)30-19(21,22)23/h2-8H,9-10H2,1H3,(H,27,28). The van der Waals surface area contributed by atoms with E-state index >= 15 is 0 Å². The van der Waals surface area contributed by atoms with Gasteiger partial charge in [-0.05, 0) is 48.9 Å². The van der Waals surface area contributed by atoms with Gasteiger partial charge in [0.05, 0.1) is 22.6 Å². The second-order valence-corrected chi connectivity index (χ2v) is 7.67. The molecule has 1 heterocycles. The third-order valence-corrected chi connectivity index (χ3v) is 5.15. The van der Waals surface area contributed by atoms with Crippen LogP contribution in [0.1, 0.15) is 11.3 Å². The number of ether oxygens (including phenoxy) is 2. The van der Waals surface area contributed by atoms with Gasteiger partial charge < -0.3 is 14.6 Å². The minimum Gasteiger partial charge on any atom is -0.482 e. The average molecular weight is 474 g/mol. The lowest BCUT2D eigenvalue weighted by Gasteiger charge is -2.11. The molecule has 0 bridgehead atoms. The fourth-order valence-electron chi connectivity index (χ4n) is 2.50. The monoisotopic (exact) mass is 473 g/mol. The molecule has 0 aliphatic rings. The molecule has 12 heteroatoms. The molecule has 0 spiro atoms.